The van der Waals surface area contributed by atoms with Crippen molar-refractivity contribution in [2.75, 3.05) is 4.90 Å². The number of furan rings is 3. The Morgan fingerprint density at radius 2 is 0.838 bits per heavy atom. The Balaban J connectivity index is 0.934. The molecule has 3 aliphatic carbocycles. The van der Waals surface area contributed by atoms with Crippen LogP contribution in [0.1, 0.15) is 80.5 Å². The highest BCUT2D eigenvalue weighted by Gasteiger charge is 2.49. The number of benzene rings is 10. The third-order valence-corrected chi connectivity index (χ3v) is 17.7. The van der Waals surface area contributed by atoms with Gasteiger partial charge in [0, 0.05) is 76.8 Å². The van der Waals surface area contributed by atoms with Gasteiger partial charge in [-0.3, -0.25) is 0 Å². The number of nitrogens with zero attached hydrogens (tertiary/aromatic N) is 1. The minimum absolute atomic E-state index is 0.233. The normalized spacial score (nSPS) is 15.3. The molecule has 0 aliphatic heterocycles. The summed E-state index contributed by atoms with van der Waals surface area (Å²) in [6.07, 6.45) is 0. The maximum absolute atomic E-state index is 7.08. The number of anilines is 3. The Bertz CT molecular complexity index is 4640. The molecule has 4 nitrogen and oxygen atoms in total. The lowest BCUT2D eigenvalue weighted by atomic mass is 9.72. The largest absolute Gasteiger partial charge is 0.456 e. The highest BCUT2D eigenvalue weighted by atomic mass is 16.3. The summed E-state index contributed by atoms with van der Waals surface area (Å²) in [4.78, 5) is 2.47. The predicted octanol–water partition coefficient (Wildman–Crippen LogP) is 19.7. The van der Waals surface area contributed by atoms with E-state index in [0.29, 0.717) is 0 Å². The van der Waals surface area contributed by atoms with E-state index in [9.17, 15) is 0 Å². The molecule has 0 unspecified atom stereocenters. The third kappa shape index (κ3) is 5.27. The number of aryl methyl sites for hydroxylation is 1. The van der Waals surface area contributed by atoms with Crippen molar-refractivity contribution in [1.82, 2.24) is 0 Å². The Morgan fingerprint density at radius 3 is 1.54 bits per heavy atom. The van der Waals surface area contributed by atoms with Crippen LogP contribution in [0.3, 0.4) is 0 Å². The molecule has 10 aromatic carbocycles. The van der Waals surface area contributed by atoms with Crippen LogP contribution in [0, 0.1) is 6.92 Å². The molecule has 0 saturated heterocycles. The molecule has 3 aromatic heterocycles. The molecule has 0 amide bonds. The van der Waals surface area contributed by atoms with Crippen LogP contribution in [0.25, 0.3) is 110 Å². The zero-order chi connectivity index (χ0) is 49.7. The van der Waals surface area contributed by atoms with Gasteiger partial charge in [0.1, 0.15) is 33.5 Å². The summed E-state index contributed by atoms with van der Waals surface area (Å²) in [6.45, 7) is 16.7. The van der Waals surface area contributed by atoms with Gasteiger partial charge >= 0.3 is 0 Å². The summed E-state index contributed by atoms with van der Waals surface area (Å²) < 4.78 is 20.4. The maximum atomic E-state index is 7.08. The van der Waals surface area contributed by atoms with Crippen LogP contribution in [-0.2, 0) is 16.2 Å². The zero-order valence-corrected chi connectivity index (χ0v) is 42.5. The van der Waals surface area contributed by atoms with Gasteiger partial charge in [-0.2, -0.15) is 0 Å². The van der Waals surface area contributed by atoms with E-state index in [1.165, 1.54) is 88.5 Å². The van der Waals surface area contributed by atoms with E-state index in [1.807, 2.05) is 6.07 Å². The molecule has 3 heterocycles. The lowest BCUT2D eigenvalue weighted by molar-refractivity contribution is 0.600. The van der Waals surface area contributed by atoms with E-state index >= 15 is 0 Å². The van der Waals surface area contributed by atoms with Crippen molar-refractivity contribution in [3.63, 3.8) is 0 Å². The molecule has 0 saturated carbocycles. The van der Waals surface area contributed by atoms with Gasteiger partial charge in [0.05, 0.1) is 0 Å². The molecule has 0 radical (unpaired) electrons. The van der Waals surface area contributed by atoms with Crippen molar-refractivity contribution in [3.8, 4) is 44.5 Å². The second kappa shape index (κ2) is 14.1. The highest BCUT2D eigenvalue weighted by molar-refractivity contribution is 6.22. The molecule has 74 heavy (non-hydrogen) atoms. The van der Waals surface area contributed by atoms with Crippen molar-refractivity contribution in [2.45, 2.75) is 64.7 Å². The lowest BCUT2D eigenvalue weighted by Crippen LogP contribution is -2.24. The molecule has 4 heteroatoms. The second-order valence-corrected chi connectivity index (χ2v) is 22.8. The molecule has 0 atom stereocenters. The molecular formula is C70H51NO3. The van der Waals surface area contributed by atoms with E-state index in [1.54, 1.807) is 0 Å². The van der Waals surface area contributed by atoms with Crippen molar-refractivity contribution < 1.29 is 13.3 Å². The molecule has 0 fully saturated rings. The number of rotatable bonds is 4. The number of para-hydroxylation sites is 3. The van der Waals surface area contributed by atoms with E-state index in [4.69, 9.17) is 13.3 Å². The summed E-state index contributed by atoms with van der Waals surface area (Å²) in [6, 6.07) is 66.9. The molecule has 0 N–H and O–H groups in total. The summed E-state index contributed by atoms with van der Waals surface area (Å²) in [5.74, 6) is 0. The Morgan fingerprint density at radius 1 is 0.338 bits per heavy atom. The first kappa shape index (κ1) is 42.0. The smallest absolute Gasteiger partial charge is 0.144 e. The van der Waals surface area contributed by atoms with Gasteiger partial charge in [-0.05, 0) is 140 Å². The van der Waals surface area contributed by atoms with Gasteiger partial charge in [0.25, 0.3) is 0 Å². The molecule has 354 valence electrons. The minimum Gasteiger partial charge on any atom is -0.456 e. The van der Waals surface area contributed by atoms with E-state index in [2.05, 4.69) is 229 Å². The molecular weight excluding hydrogens is 903 g/mol. The van der Waals surface area contributed by atoms with Gasteiger partial charge in [-0.15, -0.1) is 0 Å². The van der Waals surface area contributed by atoms with Gasteiger partial charge in [0.15, 0.2) is 0 Å². The van der Waals surface area contributed by atoms with Gasteiger partial charge in [0.2, 0.25) is 0 Å². The fourth-order valence-electron chi connectivity index (χ4n) is 14.1. The predicted molar refractivity (Wildman–Crippen MR) is 306 cm³/mol. The van der Waals surface area contributed by atoms with E-state index in [-0.39, 0.29) is 16.2 Å². The van der Waals surface area contributed by atoms with Crippen LogP contribution >= 0.6 is 0 Å². The second-order valence-electron chi connectivity index (χ2n) is 22.8. The minimum atomic E-state index is -0.372. The van der Waals surface area contributed by atoms with Crippen LogP contribution in [-0.4, -0.2) is 0 Å². The molecule has 16 rings (SSSR count). The zero-order valence-electron chi connectivity index (χ0n) is 42.5. The molecule has 13 aromatic rings. The summed E-state index contributed by atoms with van der Waals surface area (Å²) in [5, 5.41) is 6.90. The first-order valence-electron chi connectivity index (χ1n) is 26.1. The van der Waals surface area contributed by atoms with E-state index in [0.717, 1.165) is 77.8 Å². The molecule has 3 aliphatic rings. The molecule has 0 bridgehead atoms. The fourth-order valence-corrected chi connectivity index (χ4v) is 14.1. The summed E-state index contributed by atoms with van der Waals surface area (Å²) >= 11 is 0. The van der Waals surface area contributed by atoms with Crippen LogP contribution in [0.15, 0.2) is 195 Å². The summed E-state index contributed by atoms with van der Waals surface area (Å²) in [5.41, 5.74) is 26.9. The Hall–Kier alpha value is -8.60. The van der Waals surface area contributed by atoms with E-state index < -0.39 is 0 Å². The average Bonchev–Trinajstić information content (AvgIpc) is 4.31. The van der Waals surface area contributed by atoms with Crippen LogP contribution in [0.2, 0.25) is 0 Å². The quantitative estimate of drug-likeness (QED) is 0.176. The first-order chi connectivity index (χ1) is 35.9. The Labute approximate surface area is 429 Å². The van der Waals surface area contributed by atoms with Gasteiger partial charge < -0.3 is 18.2 Å². The average molecular weight is 954 g/mol. The van der Waals surface area contributed by atoms with Gasteiger partial charge in [-0.1, -0.05) is 162 Å². The van der Waals surface area contributed by atoms with Crippen molar-refractivity contribution in [3.05, 3.63) is 221 Å². The number of hydrogen-bond acceptors (Lipinski definition) is 4. The highest BCUT2D eigenvalue weighted by Crippen LogP contribution is 2.64. The van der Waals surface area contributed by atoms with Crippen molar-refractivity contribution in [1.29, 1.82) is 0 Å². The number of hydrogen-bond donors (Lipinski definition) is 0. The standard InChI is InChI=1S/C70H51NO3/c1-38-24-26-39(27-25-38)49-37-54-59(61-47-18-10-14-22-56(47)73-66(49)61)45-31-28-41(35-52(45)68(54,2)3)71(40-30-33-58-50(34-40)43-16-9-13-21-55(43)72-58)42-29-32-46-53(36-42)70(6,7)65-63(46)67-62(48-19-11-15-23-57(48)74-67)60-44-17-8-12-20-51(44)69(4,5)64(60)65/h8-37H,1-7H3. The van der Waals surface area contributed by atoms with Gasteiger partial charge in [-0.25, -0.2) is 0 Å². The van der Waals surface area contributed by atoms with Crippen LogP contribution < -0.4 is 4.90 Å². The van der Waals surface area contributed by atoms with Crippen LogP contribution in [0.5, 0.6) is 0 Å². The number of fused-ring (bicyclic) bond motifs is 22. The maximum Gasteiger partial charge on any atom is 0.144 e. The lowest BCUT2D eigenvalue weighted by Gasteiger charge is -2.32. The topological polar surface area (TPSA) is 42.7 Å². The monoisotopic (exact) mass is 953 g/mol. The van der Waals surface area contributed by atoms with Crippen molar-refractivity contribution in [2.24, 2.45) is 0 Å². The Kier molecular flexibility index (Phi) is 8.01. The van der Waals surface area contributed by atoms with Crippen molar-refractivity contribution >= 4 is 82.9 Å². The molecule has 0 spiro atoms. The third-order valence-electron chi connectivity index (χ3n) is 17.7. The summed E-state index contributed by atoms with van der Waals surface area (Å²) in [7, 11) is 0. The first-order valence-corrected chi connectivity index (χ1v) is 26.1. The van der Waals surface area contributed by atoms with Crippen LogP contribution in [0.4, 0.5) is 17.1 Å². The SMILES string of the molecule is Cc1ccc(-c2cc3c(c4c2oc2ccccc24)-c2ccc(N(c4ccc5c(c4)C(C)(C)c4c6c(c7c(oc8ccccc87)c4-5)-c4ccccc4C6(C)C)c4ccc5oc6ccccc6c5c4)cc2C3(C)C)cc1. The fraction of sp³-hybridized carbons (Fsp3) is 0.143.